The number of halogens is 5. The molecule has 6 unspecified atom stereocenters. The lowest BCUT2D eigenvalue weighted by atomic mass is 10.1. The van der Waals surface area contributed by atoms with Gasteiger partial charge in [-0.25, -0.2) is 29.9 Å². The number of aromatic nitrogens is 9. The lowest BCUT2D eigenvalue weighted by molar-refractivity contribution is -0.159. The molecule has 3 saturated carbocycles. The molecule has 0 amide bonds. The van der Waals surface area contributed by atoms with E-state index in [2.05, 4.69) is 188 Å². The maximum Gasteiger partial charge on any atom is 0.265 e. The van der Waals surface area contributed by atoms with E-state index in [0.717, 1.165) is 95.0 Å². The Hall–Kier alpha value is -1.71. The number of pyridine rings is 3. The van der Waals surface area contributed by atoms with E-state index in [-0.39, 0.29) is 91.2 Å². The quantitative estimate of drug-likeness (QED) is 0.00918. The van der Waals surface area contributed by atoms with Crippen LogP contribution in [0.15, 0.2) is 59.2 Å². The van der Waals surface area contributed by atoms with Gasteiger partial charge in [0.1, 0.15) is 49.0 Å². The van der Waals surface area contributed by atoms with Crippen molar-refractivity contribution in [2.45, 2.75) is 200 Å². The first kappa shape index (κ1) is 89.2. The van der Waals surface area contributed by atoms with E-state index in [4.69, 9.17) is 40.5 Å². The summed E-state index contributed by atoms with van der Waals surface area (Å²) in [5.41, 5.74) is 10.2. The second kappa shape index (κ2) is 40.3. The maximum atomic E-state index is 11.1. The van der Waals surface area contributed by atoms with Gasteiger partial charge in [-0.3, -0.25) is 14.6 Å². The van der Waals surface area contributed by atoms with Gasteiger partial charge in [0.25, 0.3) is 11.1 Å². The zero-order valence-corrected chi connectivity index (χ0v) is 75.5. The summed E-state index contributed by atoms with van der Waals surface area (Å²) in [6.07, 6.45) is 9.87. The minimum Gasteiger partial charge on any atom is -0.396 e. The second-order valence-corrected chi connectivity index (χ2v) is 40.4. The number of anilines is 3. The van der Waals surface area contributed by atoms with Crippen molar-refractivity contribution in [1.29, 1.82) is 0 Å². The standard InChI is InChI=1S/C21H32N2O3SSi.C16H23IN2O3S.C13H19IN2O3S.C6H6ClIN2S.C6H7IN2OS.C5H6N2OS/c1-13-10-17(27-4)23-20(15(13)8-9-28(5,6)7)22-16-11-14(12-24)18-19(16)26-21(2,3)25-18;1-8-5-11(23-4)19-15(12(8)17)18-10-6-9(7-20)13-14(10)22-16(2,3)21-13;1-6-3-9(20-2)16-13(10(6)14)15-8-4-7(5-17)11(18)12(8)19;1-3-4(8)5(7)10-6(9-3)11-2;1-3-4(7)5(10)9-6(8-3)11-2;1-3-2-4(8)7-5(9)6-3/h10,14,16,18-19,24H,11-12H2,1-7H3,(H,22,23);5,9-10,13-14,20H,6-7H2,1-4H3,(H,18,19);3,7-8,11-12,17-19H,4-5H2,1-2H3,(H,15,16);1-2H3;1-2H3,(H,8,9,10);2H,1H3,(H2,6,7,8,9)/t14?,16?,18-,19+;9?,10?,13-,14+;7?,8?,11-,12+;;;/m111.../s1. The second-order valence-electron chi connectivity index (χ2n) is 26.5. The average Bonchev–Trinajstić information content (AvgIpc) is 1.61. The summed E-state index contributed by atoms with van der Waals surface area (Å²) >= 11 is 26.9. The van der Waals surface area contributed by atoms with Gasteiger partial charge >= 0.3 is 0 Å². The molecule has 5 fully saturated rings. The lowest BCUT2D eigenvalue weighted by Crippen LogP contribution is -2.35. The Morgan fingerprint density at radius 3 is 1.42 bits per heavy atom. The smallest absolute Gasteiger partial charge is 0.265 e. The van der Waals surface area contributed by atoms with Gasteiger partial charge in [-0.05, 0) is 257 Å². The summed E-state index contributed by atoms with van der Waals surface area (Å²) in [5.74, 6) is 4.48. The van der Waals surface area contributed by atoms with Gasteiger partial charge < -0.3 is 70.4 Å². The van der Waals surface area contributed by atoms with Crippen molar-refractivity contribution in [1.82, 2.24) is 44.9 Å². The lowest BCUT2D eigenvalue weighted by Gasteiger charge is -2.24. The monoisotopic (exact) mass is 2000 g/mol. The summed E-state index contributed by atoms with van der Waals surface area (Å²) < 4.78 is 28.4. The number of nitrogens with zero attached hydrogens (tertiary/aromatic N) is 6. The molecular formula is C67H93ClI4N12O11S6Si. The van der Waals surface area contributed by atoms with E-state index in [1.165, 1.54) is 35.2 Å². The Bertz CT molecular complexity index is 4050. The van der Waals surface area contributed by atoms with E-state index < -0.39 is 31.9 Å². The third-order valence-corrected chi connectivity index (χ3v) is 26.5. The van der Waals surface area contributed by atoms with E-state index >= 15 is 0 Å². The summed E-state index contributed by atoms with van der Waals surface area (Å²) in [7, 11) is -1.51. The van der Waals surface area contributed by atoms with Crippen molar-refractivity contribution in [2.24, 2.45) is 17.8 Å². The minimum atomic E-state index is -1.51. The number of hydrogen-bond donors (Lipinski definition) is 11. The summed E-state index contributed by atoms with van der Waals surface area (Å²) in [4.78, 5) is 56.0. The van der Waals surface area contributed by atoms with Gasteiger partial charge in [0.05, 0.1) is 82.7 Å². The van der Waals surface area contributed by atoms with Crippen LogP contribution in [0.3, 0.4) is 0 Å². The molecule has 23 nitrogen and oxygen atoms in total. The zero-order valence-electron chi connectivity index (χ0n) is 60.2. The van der Waals surface area contributed by atoms with Crippen molar-refractivity contribution in [3.05, 3.63) is 109 Å². The largest absolute Gasteiger partial charge is 0.396 e. The van der Waals surface area contributed by atoms with E-state index in [1.54, 1.807) is 42.2 Å². The average molecular weight is 2010 g/mol. The highest BCUT2D eigenvalue weighted by molar-refractivity contribution is 14.1. The molecule has 2 saturated heterocycles. The fourth-order valence-corrected chi connectivity index (χ4v) is 16.2. The number of thioether (sulfide) groups is 5. The summed E-state index contributed by atoms with van der Waals surface area (Å²) in [6, 6.07) is 7.50. The molecule has 0 spiro atoms. The van der Waals surface area contributed by atoms with Crippen molar-refractivity contribution < 1.29 is 44.5 Å². The van der Waals surface area contributed by atoms with Crippen molar-refractivity contribution >= 4 is 199 Å². The molecule has 11 rings (SSSR count). The van der Waals surface area contributed by atoms with Crippen LogP contribution in [0.1, 0.15) is 86.3 Å². The molecule has 2 aliphatic heterocycles. The van der Waals surface area contributed by atoms with Crippen molar-refractivity contribution in [2.75, 3.05) is 67.0 Å². The Morgan fingerprint density at radius 1 is 0.569 bits per heavy atom. The predicted molar refractivity (Wildman–Crippen MR) is 453 cm³/mol. The zero-order chi connectivity index (χ0) is 76.0. The third-order valence-electron chi connectivity index (χ3n) is 16.5. The van der Waals surface area contributed by atoms with E-state index in [0.29, 0.717) is 25.1 Å². The highest BCUT2D eigenvalue weighted by Gasteiger charge is 2.55. The number of aliphatic hydroxyl groups is 5. The van der Waals surface area contributed by atoms with Gasteiger partial charge in [0, 0.05) is 49.3 Å². The molecule has 8 heterocycles. The normalized spacial score (nSPS) is 23.9. The summed E-state index contributed by atoms with van der Waals surface area (Å²) in [5, 5.41) is 63.8. The van der Waals surface area contributed by atoms with Gasteiger partial charge in [-0.2, -0.15) is 0 Å². The minimum absolute atomic E-state index is 0.0281. The Balaban J connectivity index is 0.000000201. The van der Waals surface area contributed by atoms with Crippen LogP contribution >= 0.6 is 173 Å². The fraction of sp³-hybridized carbons (Fsp3) is 0.567. The molecule has 11 N–H and O–H groups in total. The van der Waals surface area contributed by atoms with E-state index in [9.17, 15) is 35.1 Å². The molecule has 3 aliphatic carbocycles. The Morgan fingerprint density at radius 2 is 1.01 bits per heavy atom. The molecule has 35 heteroatoms. The molecule has 0 aromatic carbocycles. The predicted octanol–water partition coefficient (Wildman–Crippen LogP) is 12.8. The summed E-state index contributed by atoms with van der Waals surface area (Å²) in [6.45, 7) is 26.3. The van der Waals surface area contributed by atoms with E-state index in [1.807, 2.05) is 108 Å². The molecule has 5 aliphatic rings. The highest BCUT2D eigenvalue weighted by atomic mass is 127. The highest BCUT2D eigenvalue weighted by Crippen LogP contribution is 2.45. The Kier molecular flexibility index (Phi) is 35.2. The van der Waals surface area contributed by atoms with Crippen LogP contribution in [0.25, 0.3) is 0 Å². The van der Waals surface area contributed by atoms with Crippen LogP contribution in [0, 0.1) is 89.8 Å². The molecule has 102 heavy (non-hydrogen) atoms. The number of aliphatic hydroxyl groups excluding tert-OH is 5. The molecule has 12 atom stereocenters. The number of H-pyrrole nitrogens is 3. The van der Waals surface area contributed by atoms with Crippen LogP contribution in [-0.2, 0) is 18.9 Å². The van der Waals surface area contributed by atoms with Gasteiger partial charge in [-0.15, -0.1) is 40.8 Å². The number of hydrogen-bond acceptors (Lipinski definition) is 26. The molecule has 562 valence electrons. The molecule has 6 aromatic heterocycles. The van der Waals surface area contributed by atoms with Crippen LogP contribution in [0.4, 0.5) is 17.5 Å². The molecule has 0 bridgehead atoms. The van der Waals surface area contributed by atoms with Gasteiger partial charge in [0.15, 0.2) is 26.7 Å². The number of nitrogens with one attached hydrogen (secondary N) is 6. The van der Waals surface area contributed by atoms with Crippen LogP contribution < -0.4 is 27.1 Å². The number of aryl methyl sites for hydroxylation is 6. The Labute approximate surface area is 684 Å². The first-order valence-electron chi connectivity index (χ1n) is 32.4. The first-order valence-corrected chi connectivity index (χ1v) is 47.1. The SMILES string of the molecule is CSc1cc(C)c(C#C[Si](C)(C)C)c(NC2CC(CO)[C@H]3OC(C)(C)O[C@@H]23)n1.CSc1cc(C)c(I)c(NC2CC(CO)[C@@H](O)[C@H]2O)n1.CSc1cc(C)c(I)c(NC2CC(CO)[C@H]3OC(C)(C)O[C@@H]23)n1.CSc1nc(C)c(I)c(=O)[nH]1.CSc1nc(C)c(I)c(Cl)n1.Cc1cc(=O)[nH]c(=S)[nH]1. The van der Waals surface area contributed by atoms with Crippen molar-refractivity contribution in [3.8, 4) is 11.5 Å². The number of ether oxygens (including phenoxy) is 4. The van der Waals surface area contributed by atoms with Gasteiger partial charge in [0.2, 0.25) is 0 Å². The van der Waals surface area contributed by atoms with Crippen molar-refractivity contribution in [3.63, 3.8) is 0 Å². The van der Waals surface area contributed by atoms with Crippen LogP contribution in [0.5, 0.6) is 0 Å². The fourth-order valence-electron chi connectivity index (χ4n) is 11.5. The van der Waals surface area contributed by atoms with Crippen LogP contribution in [0.2, 0.25) is 24.8 Å². The third kappa shape index (κ3) is 25.2. The number of aromatic amines is 3. The topological polar surface area (TPSA) is 333 Å². The first-order chi connectivity index (χ1) is 47.8. The molecular weight excluding hydrogens is 1910 g/mol. The molecule has 6 aromatic rings. The van der Waals surface area contributed by atoms with Gasteiger partial charge in [-0.1, -0.05) is 60.7 Å². The van der Waals surface area contributed by atoms with Crippen LogP contribution in [-0.4, -0.2) is 196 Å². The molecule has 0 radical (unpaired) electrons. The number of rotatable bonds is 14. The number of fused-ring (bicyclic) bond motifs is 2. The maximum absolute atomic E-state index is 11.1.